The molecule has 128 valence electrons. The quantitative estimate of drug-likeness (QED) is 0.812. The molecule has 6 nitrogen and oxygen atoms in total. The van der Waals surface area contributed by atoms with Gasteiger partial charge in [0.15, 0.2) is 0 Å². The molecule has 0 saturated heterocycles. The van der Waals surface area contributed by atoms with Gasteiger partial charge in [0.25, 0.3) is 0 Å². The lowest BCUT2D eigenvalue weighted by Gasteiger charge is -2.46. The van der Waals surface area contributed by atoms with Gasteiger partial charge in [-0.15, -0.1) is 0 Å². The number of rotatable bonds is 7. The van der Waals surface area contributed by atoms with E-state index in [1.165, 1.54) is 0 Å². The molecular formula is C18H24N4O2. The van der Waals surface area contributed by atoms with Crippen LogP contribution in [0.4, 0.5) is 0 Å². The van der Waals surface area contributed by atoms with Crippen molar-refractivity contribution in [1.29, 1.82) is 0 Å². The predicted molar refractivity (Wildman–Crippen MR) is 90.0 cm³/mol. The van der Waals surface area contributed by atoms with Crippen molar-refractivity contribution in [2.24, 2.45) is 12.5 Å². The number of nitrogens with zero attached hydrogens (tertiary/aromatic N) is 3. The van der Waals surface area contributed by atoms with Crippen molar-refractivity contribution in [2.75, 3.05) is 6.61 Å². The zero-order chi connectivity index (χ0) is 17.0. The van der Waals surface area contributed by atoms with Crippen molar-refractivity contribution in [3.05, 3.63) is 48.0 Å². The molecule has 2 aromatic heterocycles. The van der Waals surface area contributed by atoms with E-state index in [2.05, 4.69) is 15.4 Å². The summed E-state index contributed by atoms with van der Waals surface area (Å²) in [5.74, 6) is -0.0192. The Kier molecular flexibility index (Phi) is 4.94. The average molecular weight is 328 g/mol. The normalized spacial score (nSPS) is 17.1. The number of nitrogens with one attached hydrogen (secondary N) is 1. The Labute approximate surface area is 141 Å². The Morgan fingerprint density at radius 2 is 2.29 bits per heavy atom. The summed E-state index contributed by atoms with van der Waals surface area (Å²) in [4.78, 5) is 16.7. The minimum Gasteiger partial charge on any atom is -0.396 e. The molecule has 6 heteroatoms. The van der Waals surface area contributed by atoms with E-state index in [9.17, 15) is 9.90 Å². The summed E-state index contributed by atoms with van der Waals surface area (Å²) in [6, 6.07) is 5.52. The van der Waals surface area contributed by atoms with Gasteiger partial charge in [0.05, 0.1) is 18.8 Å². The minimum atomic E-state index is -0.260. The third-order valence-electron chi connectivity index (χ3n) is 4.97. The van der Waals surface area contributed by atoms with Gasteiger partial charge in [-0.2, -0.15) is 5.10 Å². The standard InChI is InChI=1S/C18H24N4O2/c1-22-12-14(11-20-22)17(18(13-23)8-4-9-18)21-16(24)7-6-15-5-2-3-10-19-15/h2-3,5,10-12,17,23H,4,6-9,13H2,1H3,(H,21,24). The number of aliphatic hydroxyl groups excluding tert-OH is 1. The summed E-state index contributed by atoms with van der Waals surface area (Å²) in [6.45, 7) is 0.0765. The molecule has 24 heavy (non-hydrogen) atoms. The lowest BCUT2D eigenvalue weighted by Crippen LogP contribution is -2.47. The van der Waals surface area contributed by atoms with E-state index in [0.29, 0.717) is 12.8 Å². The third-order valence-corrected chi connectivity index (χ3v) is 4.97. The van der Waals surface area contributed by atoms with E-state index in [1.54, 1.807) is 17.1 Å². The lowest BCUT2D eigenvalue weighted by atomic mass is 9.63. The van der Waals surface area contributed by atoms with Crippen molar-refractivity contribution < 1.29 is 9.90 Å². The van der Waals surface area contributed by atoms with Gasteiger partial charge < -0.3 is 10.4 Å². The molecular weight excluding hydrogens is 304 g/mol. The molecule has 2 aromatic rings. The van der Waals surface area contributed by atoms with Gasteiger partial charge in [-0.25, -0.2) is 0 Å². The number of pyridine rings is 1. The van der Waals surface area contributed by atoms with Gasteiger partial charge in [-0.1, -0.05) is 12.5 Å². The van der Waals surface area contributed by atoms with Crippen LogP contribution in [-0.4, -0.2) is 32.4 Å². The molecule has 2 N–H and O–H groups in total. The predicted octanol–water partition coefficient (Wildman–Crippen LogP) is 1.77. The van der Waals surface area contributed by atoms with Gasteiger partial charge in [-0.05, 0) is 31.4 Å². The van der Waals surface area contributed by atoms with Crippen LogP contribution in [0.3, 0.4) is 0 Å². The van der Waals surface area contributed by atoms with Crippen molar-refractivity contribution in [1.82, 2.24) is 20.1 Å². The first-order valence-electron chi connectivity index (χ1n) is 8.42. The largest absolute Gasteiger partial charge is 0.396 e. The second-order valence-corrected chi connectivity index (χ2v) is 6.64. The Bertz CT molecular complexity index is 674. The molecule has 0 spiro atoms. The first-order chi connectivity index (χ1) is 11.6. The summed E-state index contributed by atoms with van der Waals surface area (Å²) < 4.78 is 1.73. The highest BCUT2D eigenvalue weighted by Gasteiger charge is 2.45. The van der Waals surface area contributed by atoms with E-state index in [-0.39, 0.29) is 24.0 Å². The van der Waals surface area contributed by atoms with E-state index >= 15 is 0 Å². The Balaban J connectivity index is 1.68. The Morgan fingerprint density at radius 1 is 1.46 bits per heavy atom. The average Bonchev–Trinajstić information content (AvgIpc) is 2.99. The summed E-state index contributed by atoms with van der Waals surface area (Å²) in [5, 5.41) is 17.3. The summed E-state index contributed by atoms with van der Waals surface area (Å²) in [6.07, 6.45) is 9.35. The second kappa shape index (κ2) is 7.13. The monoisotopic (exact) mass is 328 g/mol. The maximum Gasteiger partial charge on any atom is 0.220 e. The molecule has 1 unspecified atom stereocenters. The van der Waals surface area contributed by atoms with Crippen LogP contribution in [0.1, 0.15) is 43.0 Å². The highest BCUT2D eigenvalue weighted by Crippen LogP contribution is 2.49. The summed E-state index contributed by atoms with van der Waals surface area (Å²) in [5.41, 5.74) is 1.60. The summed E-state index contributed by atoms with van der Waals surface area (Å²) >= 11 is 0. The van der Waals surface area contributed by atoms with E-state index in [0.717, 1.165) is 30.5 Å². The topological polar surface area (TPSA) is 80.0 Å². The van der Waals surface area contributed by atoms with E-state index < -0.39 is 0 Å². The number of carbonyl (C=O) groups is 1. The number of aromatic nitrogens is 3. The zero-order valence-corrected chi connectivity index (χ0v) is 14.0. The van der Waals surface area contributed by atoms with Crippen molar-refractivity contribution in [2.45, 2.75) is 38.1 Å². The molecule has 3 rings (SSSR count). The lowest BCUT2D eigenvalue weighted by molar-refractivity contribution is -0.124. The molecule has 1 atom stereocenters. The molecule has 1 aliphatic rings. The fraction of sp³-hybridized carbons (Fsp3) is 0.500. The number of hydrogen-bond donors (Lipinski definition) is 2. The summed E-state index contributed by atoms with van der Waals surface area (Å²) in [7, 11) is 1.86. The van der Waals surface area contributed by atoms with Gasteiger partial charge >= 0.3 is 0 Å². The Morgan fingerprint density at radius 3 is 2.83 bits per heavy atom. The number of carbonyl (C=O) groups excluding carboxylic acids is 1. The zero-order valence-electron chi connectivity index (χ0n) is 14.0. The van der Waals surface area contributed by atoms with Crippen LogP contribution in [0.15, 0.2) is 36.8 Å². The molecule has 0 bridgehead atoms. The highest BCUT2D eigenvalue weighted by molar-refractivity contribution is 5.76. The number of aryl methyl sites for hydroxylation is 2. The van der Waals surface area contributed by atoms with Crippen LogP contribution >= 0.6 is 0 Å². The van der Waals surface area contributed by atoms with Crippen LogP contribution in [0.5, 0.6) is 0 Å². The third kappa shape index (κ3) is 3.48. The fourth-order valence-electron chi connectivity index (χ4n) is 3.37. The minimum absolute atomic E-state index is 0.0192. The fourth-order valence-corrected chi connectivity index (χ4v) is 3.37. The van der Waals surface area contributed by atoms with E-state index in [4.69, 9.17) is 0 Å². The smallest absolute Gasteiger partial charge is 0.220 e. The first kappa shape index (κ1) is 16.6. The molecule has 1 saturated carbocycles. The van der Waals surface area contributed by atoms with Gasteiger partial charge in [0.2, 0.25) is 5.91 Å². The molecule has 2 heterocycles. The number of hydrogen-bond acceptors (Lipinski definition) is 4. The maximum absolute atomic E-state index is 12.5. The van der Waals surface area contributed by atoms with Crippen LogP contribution in [0, 0.1) is 5.41 Å². The van der Waals surface area contributed by atoms with Crippen LogP contribution in [0.25, 0.3) is 0 Å². The van der Waals surface area contributed by atoms with Crippen LogP contribution < -0.4 is 5.32 Å². The molecule has 0 aromatic carbocycles. The number of amides is 1. The van der Waals surface area contributed by atoms with Gasteiger partial charge in [-0.3, -0.25) is 14.5 Å². The van der Waals surface area contributed by atoms with Crippen molar-refractivity contribution in [3.8, 4) is 0 Å². The SMILES string of the molecule is Cn1cc(C(NC(=O)CCc2ccccn2)C2(CO)CCC2)cn1. The number of aliphatic hydroxyl groups is 1. The van der Waals surface area contributed by atoms with Gasteiger partial charge in [0.1, 0.15) is 0 Å². The van der Waals surface area contributed by atoms with Crippen molar-refractivity contribution in [3.63, 3.8) is 0 Å². The highest BCUT2D eigenvalue weighted by atomic mass is 16.3. The Hall–Kier alpha value is -2.21. The van der Waals surface area contributed by atoms with Gasteiger partial charge in [0, 0.05) is 42.5 Å². The second-order valence-electron chi connectivity index (χ2n) is 6.64. The van der Waals surface area contributed by atoms with E-state index in [1.807, 2.05) is 31.4 Å². The molecule has 0 aliphatic heterocycles. The molecule has 0 radical (unpaired) electrons. The molecule has 1 amide bonds. The van der Waals surface area contributed by atoms with Crippen LogP contribution in [-0.2, 0) is 18.3 Å². The van der Waals surface area contributed by atoms with Crippen molar-refractivity contribution >= 4 is 5.91 Å². The van der Waals surface area contributed by atoms with Crippen LogP contribution in [0.2, 0.25) is 0 Å². The first-order valence-corrected chi connectivity index (χ1v) is 8.42. The molecule has 1 fully saturated rings. The maximum atomic E-state index is 12.5. The molecule has 1 aliphatic carbocycles.